The van der Waals surface area contributed by atoms with Gasteiger partial charge in [-0.25, -0.2) is 8.42 Å². The summed E-state index contributed by atoms with van der Waals surface area (Å²) in [6.45, 7) is -0.282. The quantitative estimate of drug-likeness (QED) is 0.759. The highest BCUT2D eigenvalue weighted by Gasteiger charge is 2.07. The number of aliphatic hydroxyl groups is 1. The molecule has 0 atom stereocenters. The molecule has 0 heterocycles. The minimum absolute atomic E-state index is 0.229. The van der Waals surface area contributed by atoms with E-state index >= 15 is 0 Å². The molecule has 1 N–H and O–H groups in total. The molecule has 78 valence electrons. The van der Waals surface area contributed by atoms with Crippen LogP contribution in [0.4, 0.5) is 0 Å². The number of benzene rings is 1. The van der Waals surface area contributed by atoms with E-state index in [-0.39, 0.29) is 11.5 Å². The van der Waals surface area contributed by atoms with Gasteiger partial charge in [0.25, 0.3) is 0 Å². The largest absolute Gasteiger partial charge is 0.384 e. The molecule has 0 aliphatic heterocycles. The molecule has 0 unspecified atom stereocenters. The van der Waals surface area contributed by atoms with E-state index in [1.54, 1.807) is 18.2 Å². The van der Waals surface area contributed by atoms with Gasteiger partial charge in [0.15, 0.2) is 9.84 Å². The maximum atomic E-state index is 11.6. The number of sulfone groups is 1. The Hall–Kier alpha value is -1.57. The van der Waals surface area contributed by atoms with Crippen LogP contribution in [-0.2, 0) is 9.84 Å². The zero-order chi connectivity index (χ0) is 11.1. The van der Waals surface area contributed by atoms with Gasteiger partial charge in [-0.05, 0) is 18.2 Å². The summed E-state index contributed by atoms with van der Waals surface area (Å²) in [7, 11) is -3.41. The van der Waals surface area contributed by atoms with Crippen LogP contribution in [-0.4, -0.2) is 20.1 Å². The molecular weight excluding hydrogens is 212 g/mol. The maximum Gasteiger partial charge on any atom is 0.200 e. The molecule has 0 bridgehead atoms. The fourth-order valence-corrected chi connectivity index (χ4v) is 1.86. The topological polar surface area (TPSA) is 54.4 Å². The molecule has 15 heavy (non-hydrogen) atoms. The Labute approximate surface area is 89.0 Å². The van der Waals surface area contributed by atoms with Gasteiger partial charge in [-0.15, -0.1) is 0 Å². The van der Waals surface area contributed by atoms with Gasteiger partial charge in [0.1, 0.15) is 6.61 Å². The first kappa shape index (κ1) is 11.5. The van der Waals surface area contributed by atoms with Crippen molar-refractivity contribution in [2.75, 3.05) is 6.61 Å². The second-order valence-electron chi connectivity index (χ2n) is 2.64. The fraction of sp³-hybridized carbons (Fsp3) is 0.0909. The van der Waals surface area contributed by atoms with Crippen LogP contribution in [0.1, 0.15) is 0 Å². The minimum atomic E-state index is -3.41. The SMILES string of the molecule is O=S(=O)(/C=C/C#CCO)c1ccccc1. The lowest BCUT2D eigenvalue weighted by Crippen LogP contribution is -1.94. The van der Waals surface area contributed by atoms with Crippen LogP contribution >= 0.6 is 0 Å². The van der Waals surface area contributed by atoms with Crippen molar-refractivity contribution in [3.05, 3.63) is 41.8 Å². The van der Waals surface area contributed by atoms with E-state index in [2.05, 4.69) is 11.8 Å². The summed E-state index contributed by atoms with van der Waals surface area (Å²) in [6.07, 6.45) is 1.21. The Kier molecular flexibility index (Phi) is 4.10. The average Bonchev–Trinajstić information content (AvgIpc) is 2.26. The van der Waals surface area contributed by atoms with Crippen LogP contribution in [0.2, 0.25) is 0 Å². The molecule has 0 fully saturated rings. The van der Waals surface area contributed by atoms with Crippen LogP contribution in [0, 0.1) is 11.8 Å². The monoisotopic (exact) mass is 222 g/mol. The summed E-state index contributed by atoms with van der Waals surface area (Å²) in [4.78, 5) is 0.229. The first-order chi connectivity index (χ1) is 7.17. The van der Waals surface area contributed by atoms with E-state index in [1.165, 1.54) is 18.2 Å². The predicted octanol–water partition coefficient (Wildman–Crippen LogP) is 0.970. The Bertz CT molecular complexity index is 490. The Morgan fingerprint density at radius 3 is 2.53 bits per heavy atom. The first-order valence-electron chi connectivity index (χ1n) is 4.23. The van der Waals surface area contributed by atoms with Crippen molar-refractivity contribution in [2.45, 2.75) is 4.90 Å². The van der Waals surface area contributed by atoms with Crippen LogP contribution in [0.15, 0.2) is 46.7 Å². The van der Waals surface area contributed by atoms with Crippen LogP contribution in [0.25, 0.3) is 0 Å². The minimum Gasteiger partial charge on any atom is -0.384 e. The third-order valence-electron chi connectivity index (χ3n) is 1.58. The van der Waals surface area contributed by atoms with Gasteiger partial charge in [-0.2, -0.15) is 0 Å². The van der Waals surface area contributed by atoms with Crippen molar-refractivity contribution in [3.63, 3.8) is 0 Å². The first-order valence-corrected chi connectivity index (χ1v) is 5.77. The highest BCUT2D eigenvalue weighted by molar-refractivity contribution is 7.94. The van der Waals surface area contributed by atoms with Gasteiger partial charge in [-0.1, -0.05) is 30.0 Å². The summed E-state index contributed by atoms with van der Waals surface area (Å²) in [6, 6.07) is 8.08. The zero-order valence-corrected chi connectivity index (χ0v) is 8.74. The molecule has 0 aliphatic carbocycles. The van der Waals surface area contributed by atoms with Gasteiger partial charge in [-0.3, -0.25) is 0 Å². The molecule has 0 radical (unpaired) electrons. The lowest BCUT2D eigenvalue weighted by atomic mass is 10.4. The fourth-order valence-electron chi connectivity index (χ4n) is 0.917. The van der Waals surface area contributed by atoms with Gasteiger partial charge >= 0.3 is 0 Å². The van der Waals surface area contributed by atoms with E-state index in [4.69, 9.17) is 5.11 Å². The Morgan fingerprint density at radius 1 is 1.27 bits per heavy atom. The number of hydrogen-bond acceptors (Lipinski definition) is 3. The molecular formula is C11H10O3S. The predicted molar refractivity (Wildman–Crippen MR) is 57.6 cm³/mol. The normalized spacial score (nSPS) is 11.0. The summed E-state index contributed by atoms with van der Waals surface area (Å²) in [5.41, 5.74) is 0. The Balaban J connectivity index is 2.91. The molecule has 3 nitrogen and oxygen atoms in total. The van der Waals surface area contributed by atoms with Gasteiger partial charge in [0, 0.05) is 5.41 Å². The van der Waals surface area contributed by atoms with Crippen molar-refractivity contribution < 1.29 is 13.5 Å². The van der Waals surface area contributed by atoms with E-state index in [0.717, 1.165) is 5.41 Å². The van der Waals surface area contributed by atoms with Crippen molar-refractivity contribution in [3.8, 4) is 11.8 Å². The number of allylic oxidation sites excluding steroid dienone is 1. The standard InChI is InChI=1S/C11H10O3S/c12-9-5-2-6-10-15(13,14)11-7-3-1-4-8-11/h1,3-4,6-8,10,12H,9H2/b10-6+. The molecule has 1 aromatic carbocycles. The van der Waals surface area contributed by atoms with Crippen LogP contribution in [0.5, 0.6) is 0 Å². The van der Waals surface area contributed by atoms with Crippen LogP contribution in [0.3, 0.4) is 0 Å². The van der Waals surface area contributed by atoms with Gasteiger partial charge in [0.2, 0.25) is 0 Å². The van der Waals surface area contributed by atoms with E-state index in [0.29, 0.717) is 0 Å². The highest BCUT2D eigenvalue weighted by atomic mass is 32.2. The summed E-state index contributed by atoms with van der Waals surface area (Å²) < 4.78 is 23.2. The number of rotatable bonds is 2. The molecule has 0 spiro atoms. The van der Waals surface area contributed by atoms with E-state index in [9.17, 15) is 8.42 Å². The maximum absolute atomic E-state index is 11.6. The summed E-state index contributed by atoms with van der Waals surface area (Å²) in [5, 5.41) is 9.37. The molecule has 0 saturated heterocycles. The second-order valence-corrected chi connectivity index (χ2v) is 4.47. The van der Waals surface area contributed by atoms with Gasteiger partial charge < -0.3 is 5.11 Å². The van der Waals surface area contributed by atoms with Crippen molar-refractivity contribution in [1.82, 2.24) is 0 Å². The average molecular weight is 222 g/mol. The molecule has 1 aromatic rings. The summed E-state index contributed by atoms with van der Waals surface area (Å²) in [5.74, 6) is 4.73. The molecule has 0 aliphatic rings. The third-order valence-corrected chi connectivity index (χ3v) is 3.01. The lowest BCUT2D eigenvalue weighted by molar-refractivity contribution is 0.350. The molecule has 4 heteroatoms. The second kappa shape index (κ2) is 5.35. The molecule has 1 rings (SSSR count). The van der Waals surface area contributed by atoms with Gasteiger partial charge in [0.05, 0.1) is 4.90 Å². The number of hydrogen-bond donors (Lipinski definition) is 1. The van der Waals surface area contributed by atoms with E-state index < -0.39 is 9.84 Å². The molecule has 0 aromatic heterocycles. The lowest BCUT2D eigenvalue weighted by Gasteiger charge is -1.95. The zero-order valence-electron chi connectivity index (χ0n) is 7.92. The highest BCUT2D eigenvalue weighted by Crippen LogP contribution is 2.10. The van der Waals surface area contributed by atoms with Crippen molar-refractivity contribution in [2.24, 2.45) is 0 Å². The molecule has 0 amide bonds. The van der Waals surface area contributed by atoms with Crippen molar-refractivity contribution >= 4 is 9.84 Å². The smallest absolute Gasteiger partial charge is 0.200 e. The molecule has 0 saturated carbocycles. The van der Waals surface area contributed by atoms with E-state index in [1.807, 2.05) is 0 Å². The number of aliphatic hydroxyl groups excluding tert-OH is 1. The van der Waals surface area contributed by atoms with Crippen LogP contribution < -0.4 is 0 Å². The van der Waals surface area contributed by atoms with Crippen molar-refractivity contribution in [1.29, 1.82) is 0 Å². The summed E-state index contributed by atoms with van der Waals surface area (Å²) >= 11 is 0. The Morgan fingerprint density at radius 2 is 1.93 bits per heavy atom. The third kappa shape index (κ3) is 3.58.